The van der Waals surface area contributed by atoms with Gasteiger partial charge in [0.2, 0.25) is 0 Å². The molecule has 1 atom stereocenters. The van der Waals surface area contributed by atoms with Gasteiger partial charge in [-0.2, -0.15) is 0 Å². The van der Waals surface area contributed by atoms with Crippen LogP contribution in [0.3, 0.4) is 0 Å². The zero-order chi connectivity index (χ0) is 9.07. The Morgan fingerprint density at radius 2 is 2.09 bits per heavy atom. The Balaban J connectivity index is 3.70. The summed E-state index contributed by atoms with van der Waals surface area (Å²) in [5.41, 5.74) is 1.07. The van der Waals surface area contributed by atoms with Gasteiger partial charge in [-0.05, 0) is 13.8 Å². The molecular weight excluding hydrogens is 223 g/mol. The van der Waals surface area contributed by atoms with Crippen molar-refractivity contribution < 1.29 is 0 Å². The van der Waals surface area contributed by atoms with Crippen LogP contribution in [0, 0.1) is 0 Å². The van der Waals surface area contributed by atoms with E-state index in [-0.39, 0.29) is 4.71 Å². The highest BCUT2D eigenvalue weighted by atomic mass is 35.5. The highest BCUT2D eigenvalue weighted by Crippen LogP contribution is 2.36. The Morgan fingerprint density at radius 1 is 1.64 bits per heavy atom. The van der Waals surface area contributed by atoms with E-state index in [4.69, 9.17) is 34.8 Å². The molecule has 0 saturated carbocycles. The molecule has 0 amide bonds. The van der Waals surface area contributed by atoms with Crippen LogP contribution in [0.4, 0.5) is 0 Å². The van der Waals surface area contributed by atoms with Crippen molar-refractivity contribution in [2.45, 2.75) is 22.9 Å². The van der Waals surface area contributed by atoms with E-state index in [1.807, 2.05) is 6.92 Å². The third-order valence-corrected chi connectivity index (χ3v) is 4.03. The van der Waals surface area contributed by atoms with Crippen LogP contribution in [0.2, 0.25) is 0 Å². The summed E-state index contributed by atoms with van der Waals surface area (Å²) in [7, 11) is 0. The molecule has 0 rings (SSSR count). The summed E-state index contributed by atoms with van der Waals surface area (Å²) >= 11 is 18.9. The summed E-state index contributed by atoms with van der Waals surface area (Å²) in [5.74, 6) is 0.795. The fourth-order valence-corrected chi connectivity index (χ4v) is 1.65. The van der Waals surface area contributed by atoms with Crippen molar-refractivity contribution in [3.8, 4) is 0 Å². The van der Waals surface area contributed by atoms with E-state index in [2.05, 4.69) is 6.58 Å². The average Bonchev–Trinajstić information content (AvgIpc) is 1.80. The number of alkyl halides is 3. The zero-order valence-electron chi connectivity index (χ0n) is 6.53. The van der Waals surface area contributed by atoms with Gasteiger partial charge in [0.05, 0.1) is 0 Å². The van der Waals surface area contributed by atoms with Gasteiger partial charge >= 0.3 is 0 Å². The normalized spacial score (nSPS) is 14.6. The van der Waals surface area contributed by atoms with E-state index in [9.17, 15) is 0 Å². The first kappa shape index (κ1) is 12.0. The molecule has 0 bridgehead atoms. The number of halogens is 3. The van der Waals surface area contributed by atoms with Gasteiger partial charge in [-0.1, -0.05) is 35.4 Å². The Morgan fingerprint density at radius 3 is 2.36 bits per heavy atom. The molecule has 66 valence electrons. The molecular formula is C7H11Cl3S. The molecule has 0 spiro atoms. The molecule has 0 aromatic heterocycles. The predicted molar refractivity (Wildman–Crippen MR) is 57.0 cm³/mol. The fraction of sp³-hybridized carbons (Fsp3) is 0.714. The summed E-state index contributed by atoms with van der Waals surface area (Å²) in [6.07, 6.45) is 0. The van der Waals surface area contributed by atoms with Crippen molar-refractivity contribution in [3.05, 3.63) is 12.2 Å². The number of hydrogen-bond acceptors (Lipinski definition) is 1. The minimum Gasteiger partial charge on any atom is -0.135 e. The Labute approximate surface area is 87.3 Å². The lowest BCUT2D eigenvalue weighted by Crippen LogP contribution is -2.19. The molecule has 0 N–H and O–H groups in total. The standard InChI is InChI=1S/C7H11Cl3S/c1-5(2)4-11-6(8)7(3,9)10/h6H,1,4H2,2-3H3. The maximum absolute atomic E-state index is 5.86. The first-order valence-corrected chi connectivity index (χ1v) is 5.36. The predicted octanol–water partition coefficient (Wildman–Crippen LogP) is 4.05. The first-order valence-electron chi connectivity index (χ1n) is 3.12. The second-order valence-corrected chi connectivity index (χ2v) is 6.09. The van der Waals surface area contributed by atoms with Gasteiger partial charge < -0.3 is 0 Å². The number of rotatable bonds is 4. The Hall–Kier alpha value is 0.960. The number of hydrogen-bond donors (Lipinski definition) is 0. The van der Waals surface area contributed by atoms with Crippen molar-refractivity contribution in [2.24, 2.45) is 0 Å². The summed E-state index contributed by atoms with van der Waals surface area (Å²) in [6.45, 7) is 7.36. The molecule has 0 fully saturated rings. The van der Waals surface area contributed by atoms with Gasteiger partial charge in [0.25, 0.3) is 0 Å². The molecule has 4 heteroatoms. The van der Waals surface area contributed by atoms with Crippen LogP contribution >= 0.6 is 46.6 Å². The van der Waals surface area contributed by atoms with E-state index in [0.29, 0.717) is 0 Å². The Kier molecular flexibility index (Phi) is 5.28. The molecule has 0 saturated heterocycles. The molecule has 0 aromatic rings. The van der Waals surface area contributed by atoms with Gasteiger partial charge in [0, 0.05) is 5.75 Å². The molecule has 0 aliphatic rings. The third-order valence-electron chi connectivity index (χ3n) is 0.875. The fourth-order valence-electron chi connectivity index (χ4n) is 0.362. The van der Waals surface area contributed by atoms with Crippen LogP contribution in [-0.4, -0.2) is 14.8 Å². The summed E-state index contributed by atoms with van der Waals surface area (Å²) < 4.78 is -1.16. The SMILES string of the molecule is C=C(C)CSC(Cl)C(C)(Cl)Cl. The van der Waals surface area contributed by atoms with Crippen molar-refractivity contribution in [2.75, 3.05) is 5.75 Å². The van der Waals surface area contributed by atoms with Gasteiger partial charge in [-0.15, -0.1) is 23.4 Å². The quantitative estimate of drug-likeness (QED) is 0.521. The van der Waals surface area contributed by atoms with Gasteiger partial charge in [-0.25, -0.2) is 0 Å². The minimum absolute atomic E-state index is 0.289. The van der Waals surface area contributed by atoms with E-state index >= 15 is 0 Å². The van der Waals surface area contributed by atoms with Gasteiger partial charge in [0.15, 0.2) is 0 Å². The lowest BCUT2D eigenvalue weighted by Gasteiger charge is -2.19. The van der Waals surface area contributed by atoms with Crippen LogP contribution in [-0.2, 0) is 0 Å². The van der Waals surface area contributed by atoms with Crippen molar-refractivity contribution >= 4 is 46.6 Å². The van der Waals surface area contributed by atoms with Crippen LogP contribution in [0.5, 0.6) is 0 Å². The summed E-state index contributed by atoms with van der Waals surface area (Å²) in [6, 6.07) is 0. The summed E-state index contributed by atoms with van der Waals surface area (Å²) in [5, 5.41) is 0. The van der Waals surface area contributed by atoms with Crippen molar-refractivity contribution in [1.29, 1.82) is 0 Å². The van der Waals surface area contributed by atoms with Crippen LogP contribution in [0.1, 0.15) is 13.8 Å². The molecule has 0 nitrogen and oxygen atoms in total. The molecule has 0 heterocycles. The monoisotopic (exact) mass is 232 g/mol. The molecule has 11 heavy (non-hydrogen) atoms. The Bertz CT molecular complexity index is 139. The molecule has 1 unspecified atom stereocenters. The molecule has 0 aliphatic carbocycles. The maximum atomic E-state index is 5.86. The van der Waals surface area contributed by atoms with E-state index in [1.165, 1.54) is 11.8 Å². The second-order valence-electron chi connectivity index (χ2n) is 2.54. The van der Waals surface area contributed by atoms with Crippen LogP contribution < -0.4 is 0 Å². The van der Waals surface area contributed by atoms with E-state index in [0.717, 1.165) is 11.3 Å². The lowest BCUT2D eigenvalue weighted by atomic mass is 10.4. The average molecular weight is 234 g/mol. The smallest absolute Gasteiger partial charge is 0.135 e. The highest BCUT2D eigenvalue weighted by Gasteiger charge is 2.27. The van der Waals surface area contributed by atoms with Gasteiger partial charge in [-0.3, -0.25) is 0 Å². The first-order chi connectivity index (χ1) is 4.84. The minimum atomic E-state index is -0.873. The lowest BCUT2D eigenvalue weighted by molar-refractivity contribution is 0.960. The molecule has 0 aliphatic heterocycles. The highest BCUT2D eigenvalue weighted by molar-refractivity contribution is 8.01. The molecule has 0 radical (unpaired) electrons. The third kappa shape index (κ3) is 6.15. The van der Waals surface area contributed by atoms with Gasteiger partial charge in [0.1, 0.15) is 9.04 Å². The van der Waals surface area contributed by atoms with Crippen LogP contribution in [0.25, 0.3) is 0 Å². The number of thioether (sulfide) groups is 1. The molecule has 0 aromatic carbocycles. The van der Waals surface area contributed by atoms with E-state index < -0.39 is 4.33 Å². The summed E-state index contributed by atoms with van der Waals surface area (Å²) in [4.78, 5) is 0. The largest absolute Gasteiger partial charge is 0.140 e. The van der Waals surface area contributed by atoms with E-state index in [1.54, 1.807) is 6.92 Å². The van der Waals surface area contributed by atoms with Crippen LogP contribution in [0.15, 0.2) is 12.2 Å². The van der Waals surface area contributed by atoms with Crippen molar-refractivity contribution in [3.63, 3.8) is 0 Å². The topological polar surface area (TPSA) is 0 Å². The maximum Gasteiger partial charge on any atom is 0.140 e. The van der Waals surface area contributed by atoms with Crippen molar-refractivity contribution in [1.82, 2.24) is 0 Å². The zero-order valence-corrected chi connectivity index (χ0v) is 9.62. The second kappa shape index (κ2) is 4.86.